The first-order chi connectivity index (χ1) is 38.5. The van der Waals surface area contributed by atoms with Gasteiger partial charge in [0.15, 0.2) is 29.9 Å². The third-order valence-electron chi connectivity index (χ3n) is 14.7. The van der Waals surface area contributed by atoms with Crippen LogP contribution in [0.25, 0.3) is 0 Å². The molecule has 21 heteroatoms. The number of esters is 4. The number of aliphatic hydroxyl groups excluding tert-OH is 4. The van der Waals surface area contributed by atoms with Crippen LogP contribution in [-0.2, 0) is 65.2 Å². The van der Waals surface area contributed by atoms with Crippen molar-refractivity contribution in [2.75, 3.05) is 13.2 Å². The Morgan fingerprint density at radius 1 is 0.622 bits per heavy atom. The number of ether oxygens (including phenoxy) is 7. The van der Waals surface area contributed by atoms with Crippen LogP contribution in [0, 0.1) is 0 Å². The van der Waals surface area contributed by atoms with Gasteiger partial charge in [-0.2, -0.15) is 0 Å². The van der Waals surface area contributed by atoms with Crippen molar-refractivity contribution in [3.05, 3.63) is 127 Å². The highest BCUT2D eigenvalue weighted by Crippen LogP contribution is 2.44. The van der Waals surface area contributed by atoms with Crippen LogP contribution in [0.3, 0.4) is 0 Å². The fourth-order valence-electron chi connectivity index (χ4n) is 10.8. The van der Waals surface area contributed by atoms with Crippen LogP contribution in [0.2, 0.25) is 10.0 Å². The smallest absolute Gasteiger partial charge is 0.303 e. The van der Waals surface area contributed by atoms with Gasteiger partial charge in [-0.05, 0) is 128 Å². The summed E-state index contributed by atoms with van der Waals surface area (Å²) in [7, 11) is 0. The molecule has 3 aliphatic heterocycles. The van der Waals surface area contributed by atoms with E-state index in [1.807, 2.05) is 18.2 Å². The zero-order chi connectivity index (χ0) is 58.9. The van der Waals surface area contributed by atoms with Gasteiger partial charge in [0.2, 0.25) is 0 Å². The maximum Gasteiger partial charge on any atom is 0.303 e. The number of phenolic OH excluding ortho intramolecular Hbond substituents is 1. The predicted octanol–water partition coefficient (Wildman–Crippen LogP) is 8.13. The number of rotatable bonds is 13. The van der Waals surface area contributed by atoms with Gasteiger partial charge < -0.3 is 58.7 Å². The summed E-state index contributed by atoms with van der Waals surface area (Å²) in [6, 6.07) is 20.4. The van der Waals surface area contributed by atoms with E-state index in [0.717, 1.165) is 76.3 Å². The molecule has 4 aromatic carbocycles. The molecule has 19 nitrogen and oxygen atoms in total. The van der Waals surface area contributed by atoms with Crippen LogP contribution < -0.4 is 4.74 Å². The van der Waals surface area contributed by atoms with Crippen molar-refractivity contribution in [3.63, 3.8) is 0 Å². The Bertz CT molecular complexity index is 2960. The summed E-state index contributed by atoms with van der Waals surface area (Å²) in [6.45, 7) is 5.15. The minimum absolute atomic E-state index is 0. The first-order valence-corrected chi connectivity index (χ1v) is 27.6. The van der Waals surface area contributed by atoms with Gasteiger partial charge in [-0.3, -0.25) is 33.6 Å². The highest BCUT2D eigenvalue weighted by molar-refractivity contribution is 6.31. The fraction of sp³-hybridized carbons (Fsp3) is 0.492. The fourth-order valence-corrected chi connectivity index (χ4v) is 11.2. The molecule has 0 radical (unpaired) electrons. The Morgan fingerprint density at radius 3 is 1.70 bits per heavy atom. The maximum absolute atomic E-state index is 12.9. The number of aliphatic hydroxyl groups is 4. The highest BCUT2D eigenvalue weighted by atomic mass is 35.5. The Kier molecular flexibility index (Phi) is 22.8. The number of fused-ring (bicyclic) bond motifs is 1. The van der Waals surface area contributed by atoms with Gasteiger partial charge in [-0.25, -0.2) is 0 Å². The summed E-state index contributed by atoms with van der Waals surface area (Å²) < 4.78 is 39.8. The summed E-state index contributed by atoms with van der Waals surface area (Å²) >= 11 is 13.0. The Balaban J connectivity index is 0.000000239. The number of hydrogen-bond acceptors (Lipinski definition) is 19. The molecule has 0 unspecified atom stereocenters. The van der Waals surface area contributed by atoms with Crippen molar-refractivity contribution < 1.29 is 92.3 Å². The average Bonchev–Trinajstić information content (AvgIpc) is 4.25. The molecule has 10 atom stereocenters. The molecular formula is C61H72Cl2O19. The molecule has 3 heterocycles. The number of hydrogen-bond donors (Lipinski definition) is 5. The first-order valence-electron chi connectivity index (χ1n) is 26.8. The number of aromatic hydroxyl groups is 1. The van der Waals surface area contributed by atoms with Crippen LogP contribution >= 0.6 is 23.2 Å². The predicted molar refractivity (Wildman–Crippen MR) is 298 cm³/mol. The van der Waals surface area contributed by atoms with E-state index in [4.69, 9.17) is 56.4 Å². The lowest BCUT2D eigenvalue weighted by atomic mass is 9.87. The number of carbonyl (C=O) groups excluding carboxylic acids is 7. The van der Waals surface area contributed by atoms with Gasteiger partial charge in [-0.15, -0.1) is 0 Å². The van der Waals surface area contributed by atoms with E-state index in [2.05, 4.69) is 0 Å². The molecule has 9 rings (SSSR count). The molecule has 0 amide bonds. The molecule has 4 fully saturated rings. The van der Waals surface area contributed by atoms with Gasteiger partial charge in [-0.1, -0.05) is 67.0 Å². The second kappa shape index (κ2) is 28.8. The minimum Gasteiger partial charge on any atom is -0.507 e. The summed E-state index contributed by atoms with van der Waals surface area (Å²) in [5.74, 6) is -2.04. The average molecular weight is 1180 g/mol. The van der Waals surface area contributed by atoms with Gasteiger partial charge in [0.25, 0.3) is 0 Å². The van der Waals surface area contributed by atoms with Crippen molar-refractivity contribution >= 4 is 64.4 Å². The zero-order valence-electron chi connectivity index (χ0n) is 45.6. The maximum atomic E-state index is 12.9. The lowest BCUT2D eigenvalue weighted by Gasteiger charge is -2.44. The molecule has 0 aromatic heterocycles. The molecule has 5 N–H and O–H groups in total. The lowest BCUT2D eigenvalue weighted by molar-refractivity contribution is -0.254. The molecule has 2 aliphatic carbocycles. The lowest BCUT2D eigenvalue weighted by Crippen LogP contribution is -2.59. The summed E-state index contributed by atoms with van der Waals surface area (Å²) in [6.07, 6.45) is -3.08. The summed E-state index contributed by atoms with van der Waals surface area (Å²) in [5.41, 5.74) is 4.40. The van der Waals surface area contributed by atoms with E-state index < -0.39 is 91.5 Å². The number of Topliss-reactive ketones (excluding diaryl/α,β-unsaturated/α-hetero) is 3. The van der Waals surface area contributed by atoms with Gasteiger partial charge in [0.05, 0.1) is 24.2 Å². The second-order valence-corrected chi connectivity index (χ2v) is 21.8. The number of halogens is 2. The van der Waals surface area contributed by atoms with Crippen molar-refractivity contribution in [1.82, 2.24) is 0 Å². The number of carbonyl (C=O) groups is 7. The van der Waals surface area contributed by atoms with Crippen LogP contribution in [0.5, 0.6) is 11.5 Å². The summed E-state index contributed by atoms with van der Waals surface area (Å²) in [5, 5.41) is 51.0. The topological polar surface area (TPSA) is 285 Å². The van der Waals surface area contributed by atoms with E-state index in [-0.39, 0.29) is 48.9 Å². The summed E-state index contributed by atoms with van der Waals surface area (Å²) in [4.78, 5) is 82.9. The third kappa shape index (κ3) is 16.3. The largest absolute Gasteiger partial charge is 0.507 e. The normalized spacial score (nSPS) is 25.1. The molecule has 82 heavy (non-hydrogen) atoms. The van der Waals surface area contributed by atoms with Gasteiger partial charge in [0.1, 0.15) is 72.2 Å². The van der Waals surface area contributed by atoms with Crippen molar-refractivity contribution in [3.8, 4) is 11.5 Å². The van der Waals surface area contributed by atoms with Crippen LogP contribution in [0.1, 0.15) is 166 Å². The molecule has 2 saturated heterocycles. The standard InChI is InChI=1S/C29H31ClO11.C26H29ClO7.C5H8O.CH4/c1-14(31)22-11-19(6-9-24(22)36)10-21-12-20(7-8-23(21)30)26-28(39-17(4)34)29(40-18(5)35)27(38-16(3)33)25(41-26)13-37-15(2)32;27-18-5-4-15(25-24(32)23(31)22(30)21(13-28)33-25)11-16(18)9-14-3-6-20-17(10-14)19(29)12-26(34-20)7-1-2-8-26;6-5-3-1-2-4-5;/h6-9,11-12,25-29,36H,10,13H2,1-5H3;3-6,10-11,21-25,28,30-32H,1-2,7-9,12-13H2;1-4H2;1H4/t25-,26+,27-,28+,29+;21-,22-,23+,24-,25+;;/m11../s1. The van der Waals surface area contributed by atoms with Crippen molar-refractivity contribution in [2.45, 2.75) is 179 Å². The number of phenols is 1. The Morgan fingerprint density at radius 2 is 1.16 bits per heavy atom. The molecule has 2 saturated carbocycles. The van der Waals surface area contributed by atoms with E-state index in [9.17, 15) is 59.1 Å². The van der Waals surface area contributed by atoms with Crippen LogP contribution in [0.4, 0.5) is 0 Å². The van der Waals surface area contributed by atoms with Crippen molar-refractivity contribution in [1.29, 1.82) is 0 Å². The second-order valence-electron chi connectivity index (χ2n) is 21.0. The van der Waals surface area contributed by atoms with Crippen LogP contribution in [-0.4, -0.2) is 134 Å². The molecule has 1 spiro atoms. The molecular weight excluding hydrogens is 1110 g/mol. The van der Waals surface area contributed by atoms with E-state index in [0.29, 0.717) is 62.2 Å². The molecule has 5 aliphatic rings. The monoisotopic (exact) mass is 1180 g/mol. The van der Waals surface area contributed by atoms with E-state index >= 15 is 0 Å². The van der Waals surface area contributed by atoms with Gasteiger partial charge >= 0.3 is 23.9 Å². The molecule has 0 bridgehead atoms. The number of benzene rings is 4. The van der Waals surface area contributed by atoms with Crippen LogP contribution in [0.15, 0.2) is 72.8 Å². The SMILES string of the molecule is C.CC(=O)OC[C@H]1O[C@@H](c2ccc(Cl)c(Cc3ccc(O)c(C(C)=O)c3)c2)[C@H](OC(C)=O)[C@@H](OC(C)=O)[C@@H]1OC(C)=O.O=C1CC2(CCCC2)Oc2ccc(Cc3cc([C@@H]4O[C@H](CO)[C@@H](O)[C@H](O)[C@H]4O)ccc3Cl)cc21.O=C1CCCC1. The Labute approximate surface area is 486 Å². The quantitative estimate of drug-likeness (QED) is 0.0480. The number of ketones is 3. The zero-order valence-corrected chi connectivity index (χ0v) is 47.1. The third-order valence-corrected chi connectivity index (χ3v) is 15.5. The minimum atomic E-state index is -1.45. The Hall–Kier alpha value is -6.29. The van der Waals surface area contributed by atoms with E-state index in [1.165, 1.54) is 26.8 Å². The van der Waals surface area contributed by atoms with E-state index in [1.54, 1.807) is 48.5 Å². The van der Waals surface area contributed by atoms with Gasteiger partial charge in [0, 0.05) is 50.6 Å². The molecule has 4 aromatic rings. The molecule has 444 valence electrons. The first kappa shape index (κ1) is 64.9. The highest BCUT2D eigenvalue weighted by Gasteiger charge is 2.53. The van der Waals surface area contributed by atoms with Crippen molar-refractivity contribution in [2.24, 2.45) is 0 Å².